The van der Waals surface area contributed by atoms with Crippen LogP contribution in [0.15, 0.2) is 6.07 Å². The van der Waals surface area contributed by atoms with E-state index in [1.54, 1.807) is 13.8 Å². The topological polar surface area (TPSA) is 105 Å². The summed E-state index contributed by atoms with van der Waals surface area (Å²) in [6, 6.07) is 0.940. The van der Waals surface area contributed by atoms with Gasteiger partial charge in [0.2, 0.25) is 5.95 Å². The predicted molar refractivity (Wildman–Crippen MR) is 123 cm³/mol. The molecule has 0 unspecified atom stereocenters. The maximum Gasteiger partial charge on any atom is 0.223 e. The van der Waals surface area contributed by atoms with Crippen molar-refractivity contribution in [2.24, 2.45) is 0 Å². The Morgan fingerprint density at radius 3 is 2.68 bits per heavy atom. The van der Waals surface area contributed by atoms with E-state index in [4.69, 9.17) is 4.74 Å². The number of aliphatic hydroxyl groups excluding tert-OH is 1. The van der Waals surface area contributed by atoms with Gasteiger partial charge in [-0.2, -0.15) is 0 Å². The Balaban J connectivity index is 1.69. The number of rotatable bonds is 4. The molecule has 1 fully saturated rings. The summed E-state index contributed by atoms with van der Waals surface area (Å²) in [5.74, 6) is -0.678. The molecule has 0 aliphatic carbocycles. The Kier molecular flexibility index (Phi) is 5.57. The van der Waals surface area contributed by atoms with Crippen LogP contribution in [0.5, 0.6) is 0 Å². The van der Waals surface area contributed by atoms with Crippen LogP contribution in [-0.2, 0) is 16.8 Å². The highest BCUT2D eigenvalue weighted by atomic mass is 19.1. The van der Waals surface area contributed by atoms with Crippen molar-refractivity contribution in [1.29, 1.82) is 0 Å². The minimum Gasteiger partial charge on any atom is -0.389 e. The van der Waals surface area contributed by atoms with Gasteiger partial charge in [-0.1, -0.05) is 0 Å². The zero-order valence-corrected chi connectivity index (χ0v) is 19.7. The third-order valence-corrected chi connectivity index (χ3v) is 6.73. The number of aliphatic hydroxyl groups is 2. The Labute approximate surface area is 196 Å². The van der Waals surface area contributed by atoms with Crippen LogP contribution in [0.1, 0.15) is 56.7 Å². The Morgan fingerprint density at radius 1 is 1.21 bits per heavy atom. The molecule has 3 N–H and O–H groups in total. The molecule has 2 aromatic heterocycles. The largest absolute Gasteiger partial charge is 0.389 e. The van der Waals surface area contributed by atoms with Crippen LogP contribution in [-0.4, -0.2) is 55.1 Å². The molecule has 2 aliphatic heterocycles. The number of halogens is 2. The second kappa shape index (κ2) is 8.21. The monoisotopic (exact) mass is 473 g/mol. The van der Waals surface area contributed by atoms with Crippen molar-refractivity contribution < 1.29 is 23.7 Å². The lowest BCUT2D eigenvalue weighted by molar-refractivity contribution is -0.0136. The van der Waals surface area contributed by atoms with E-state index in [1.165, 1.54) is 13.0 Å². The number of imidazole rings is 1. The molecule has 0 spiro atoms. The Morgan fingerprint density at radius 2 is 1.97 bits per heavy atom. The SMILES string of the molecule is Cc1nc(N[C@@H]2CCOC[C@H]2O)nc(-c2cc(F)c3nc(C(C)(C)O)n4c3c2CC[C@@H]4C)c1F. The minimum absolute atomic E-state index is 0.000499. The zero-order valence-electron chi connectivity index (χ0n) is 19.7. The highest BCUT2D eigenvalue weighted by molar-refractivity contribution is 5.88. The van der Waals surface area contributed by atoms with Gasteiger partial charge in [0, 0.05) is 18.2 Å². The van der Waals surface area contributed by atoms with Gasteiger partial charge in [0.1, 0.15) is 22.6 Å². The molecule has 182 valence electrons. The molecule has 2 aliphatic rings. The van der Waals surface area contributed by atoms with Crippen molar-refractivity contribution in [3.05, 3.63) is 34.8 Å². The van der Waals surface area contributed by atoms with Gasteiger partial charge in [-0.3, -0.25) is 0 Å². The van der Waals surface area contributed by atoms with Crippen LogP contribution in [0.3, 0.4) is 0 Å². The molecule has 4 heterocycles. The molecule has 34 heavy (non-hydrogen) atoms. The molecule has 1 saturated heterocycles. The molecule has 1 aromatic carbocycles. The van der Waals surface area contributed by atoms with Crippen LogP contribution in [0.2, 0.25) is 0 Å². The number of anilines is 1. The first-order valence-electron chi connectivity index (χ1n) is 11.6. The standard InChI is InChI=1S/C24H29F2N5O3/c1-11-5-6-13-14(9-15(25)20-21(13)31(11)22(29-20)24(3,4)33)19-18(26)12(2)27-23(30-19)28-16-7-8-34-10-17(16)32/h9,11,16-17,32-33H,5-8,10H2,1-4H3,(H,27,28,30)/t11-,16+,17+/m0/s1. The maximum absolute atomic E-state index is 15.4. The van der Waals surface area contributed by atoms with E-state index in [2.05, 4.69) is 20.3 Å². The minimum atomic E-state index is -1.27. The van der Waals surface area contributed by atoms with E-state index >= 15 is 8.78 Å². The summed E-state index contributed by atoms with van der Waals surface area (Å²) in [7, 11) is 0. The third-order valence-electron chi connectivity index (χ3n) is 6.73. The molecule has 0 amide bonds. The van der Waals surface area contributed by atoms with E-state index in [-0.39, 0.29) is 41.5 Å². The average Bonchev–Trinajstić information content (AvgIpc) is 3.19. The molecule has 0 radical (unpaired) electrons. The summed E-state index contributed by atoms with van der Waals surface area (Å²) in [6.45, 7) is 7.45. The number of nitrogens with one attached hydrogen (secondary N) is 1. The lowest BCUT2D eigenvalue weighted by Crippen LogP contribution is -2.42. The van der Waals surface area contributed by atoms with Gasteiger partial charge in [0.25, 0.3) is 0 Å². The van der Waals surface area contributed by atoms with E-state index in [9.17, 15) is 10.2 Å². The van der Waals surface area contributed by atoms with Gasteiger partial charge in [0.05, 0.1) is 30.0 Å². The predicted octanol–water partition coefficient (Wildman–Crippen LogP) is 3.38. The number of hydrogen-bond acceptors (Lipinski definition) is 7. The molecule has 0 saturated carbocycles. The third kappa shape index (κ3) is 3.73. The molecule has 3 aromatic rings. The fraction of sp³-hybridized carbons (Fsp3) is 0.542. The quantitative estimate of drug-likeness (QED) is 0.534. The van der Waals surface area contributed by atoms with E-state index in [0.717, 1.165) is 12.0 Å². The maximum atomic E-state index is 15.4. The number of hydrogen-bond donors (Lipinski definition) is 3. The van der Waals surface area contributed by atoms with Gasteiger partial charge in [-0.25, -0.2) is 23.7 Å². The normalized spacial score (nSPS) is 22.9. The number of benzene rings is 1. The van der Waals surface area contributed by atoms with Crippen molar-refractivity contribution >= 4 is 17.0 Å². The first-order chi connectivity index (χ1) is 16.1. The van der Waals surface area contributed by atoms with Crippen LogP contribution < -0.4 is 5.32 Å². The molecule has 3 atom stereocenters. The molecule has 8 nitrogen and oxygen atoms in total. The van der Waals surface area contributed by atoms with Crippen LogP contribution in [0.4, 0.5) is 14.7 Å². The second-order valence-corrected chi connectivity index (χ2v) is 9.81. The Bertz CT molecular complexity index is 1270. The van der Waals surface area contributed by atoms with Gasteiger partial charge in [-0.05, 0) is 58.6 Å². The van der Waals surface area contributed by atoms with E-state index < -0.39 is 23.3 Å². The van der Waals surface area contributed by atoms with Crippen LogP contribution >= 0.6 is 0 Å². The first kappa shape index (κ1) is 23.1. The summed E-state index contributed by atoms with van der Waals surface area (Å²) in [5.41, 5.74) is 0.669. The van der Waals surface area contributed by atoms with Crippen LogP contribution in [0.25, 0.3) is 22.3 Å². The number of ether oxygens (including phenoxy) is 1. The summed E-state index contributed by atoms with van der Waals surface area (Å²) in [6.07, 6.45) is 1.13. The zero-order chi connectivity index (χ0) is 24.4. The van der Waals surface area contributed by atoms with Gasteiger partial charge in [-0.15, -0.1) is 0 Å². The van der Waals surface area contributed by atoms with Crippen molar-refractivity contribution in [3.8, 4) is 11.3 Å². The fourth-order valence-electron chi connectivity index (χ4n) is 4.96. The van der Waals surface area contributed by atoms with E-state index in [0.29, 0.717) is 36.4 Å². The average molecular weight is 474 g/mol. The molecule has 0 bridgehead atoms. The van der Waals surface area contributed by atoms with E-state index in [1.807, 2.05) is 11.5 Å². The van der Waals surface area contributed by atoms with Gasteiger partial charge in [0.15, 0.2) is 11.6 Å². The number of nitrogens with zero attached hydrogens (tertiary/aromatic N) is 4. The van der Waals surface area contributed by atoms with Gasteiger partial charge < -0.3 is 24.8 Å². The highest BCUT2D eigenvalue weighted by Crippen LogP contribution is 2.41. The van der Waals surface area contributed by atoms with Crippen molar-refractivity contribution in [2.75, 3.05) is 18.5 Å². The first-order valence-corrected chi connectivity index (χ1v) is 11.6. The lowest BCUT2D eigenvalue weighted by Gasteiger charge is -2.29. The number of aromatic nitrogens is 4. The summed E-state index contributed by atoms with van der Waals surface area (Å²) < 4.78 is 37.8. The molecular weight excluding hydrogens is 444 g/mol. The Hall–Kier alpha value is -2.69. The smallest absolute Gasteiger partial charge is 0.223 e. The van der Waals surface area contributed by atoms with Crippen molar-refractivity contribution in [3.63, 3.8) is 0 Å². The summed E-state index contributed by atoms with van der Waals surface area (Å²) in [5, 5.41) is 24.0. The van der Waals surface area contributed by atoms with Crippen molar-refractivity contribution in [1.82, 2.24) is 19.5 Å². The molecule has 10 heteroatoms. The number of aryl methyl sites for hydroxylation is 2. The second-order valence-electron chi connectivity index (χ2n) is 9.81. The van der Waals surface area contributed by atoms with Gasteiger partial charge >= 0.3 is 0 Å². The van der Waals surface area contributed by atoms with Crippen molar-refractivity contribution in [2.45, 2.75) is 70.7 Å². The lowest BCUT2D eigenvalue weighted by atomic mass is 9.92. The fourth-order valence-corrected chi connectivity index (χ4v) is 4.96. The molecular formula is C24H29F2N5O3. The summed E-state index contributed by atoms with van der Waals surface area (Å²) >= 11 is 0. The highest BCUT2D eigenvalue weighted by Gasteiger charge is 2.34. The summed E-state index contributed by atoms with van der Waals surface area (Å²) in [4.78, 5) is 13.1. The molecule has 5 rings (SSSR count). The van der Waals surface area contributed by atoms with Crippen LogP contribution in [0, 0.1) is 18.6 Å².